The Labute approximate surface area is 128 Å². The van der Waals surface area contributed by atoms with E-state index in [0.29, 0.717) is 19.0 Å². The van der Waals surface area contributed by atoms with Crippen LogP contribution in [0.5, 0.6) is 0 Å². The smallest absolute Gasteiger partial charge is 0.195 e. The van der Waals surface area contributed by atoms with Crippen LogP contribution in [0.3, 0.4) is 0 Å². The van der Waals surface area contributed by atoms with Crippen molar-refractivity contribution in [3.05, 3.63) is 0 Å². The monoisotopic (exact) mass is 322 g/mol. The summed E-state index contributed by atoms with van der Waals surface area (Å²) in [5, 5.41) is 0. The number of alkyl halides is 1. The van der Waals surface area contributed by atoms with Gasteiger partial charge in [0.2, 0.25) is 0 Å². The van der Waals surface area contributed by atoms with E-state index in [-0.39, 0.29) is 12.1 Å². The lowest BCUT2D eigenvalue weighted by atomic mass is 10.0. The van der Waals surface area contributed by atoms with Crippen LogP contribution in [0, 0.1) is 0 Å². The van der Waals surface area contributed by atoms with E-state index in [0.717, 1.165) is 51.4 Å². The molecule has 0 amide bonds. The van der Waals surface area contributed by atoms with Crippen molar-refractivity contribution in [1.82, 2.24) is 8.61 Å². The average molecular weight is 323 g/mol. The number of hydrogen-bond acceptors (Lipinski definition) is 2. The summed E-state index contributed by atoms with van der Waals surface area (Å²) in [5.41, 5.74) is 0. The van der Waals surface area contributed by atoms with Crippen molar-refractivity contribution in [2.24, 2.45) is 0 Å². The van der Waals surface area contributed by atoms with Gasteiger partial charge in [-0.25, -0.2) is 0 Å². The molecule has 6 heteroatoms. The van der Waals surface area contributed by atoms with Gasteiger partial charge >= 0.3 is 0 Å². The van der Waals surface area contributed by atoms with Crippen LogP contribution < -0.4 is 0 Å². The molecule has 2 fully saturated rings. The van der Waals surface area contributed by atoms with E-state index in [4.69, 9.17) is 11.6 Å². The van der Waals surface area contributed by atoms with Crippen LogP contribution in [0.2, 0.25) is 0 Å². The summed E-state index contributed by atoms with van der Waals surface area (Å²) in [6.45, 7) is 3.44. The highest BCUT2D eigenvalue weighted by atomic mass is 35.5. The molecule has 20 heavy (non-hydrogen) atoms. The van der Waals surface area contributed by atoms with E-state index in [2.05, 4.69) is 6.92 Å². The third-order valence-corrected chi connectivity index (χ3v) is 7.04. The molecule has 0 bridgehead atoms. The van der Waals surface area contributed by atoms with Crippen LogP contribution in [-0.2, 0) is 10.2 Å². The van der Waals surface area contributed by atoms with E-state index < -0.39 is 10.2 Å². The average Bonchev–Trinajstić information content (AvgIpc) is 2.48. The quantitative estimate of drug-likeness (QED) is 0.730. The van der Waals surface area contributed by atoms with E-state index in [9.17, 15) is 8.42 Å². The number of halogens is 1. The molecular weight excluding hydrogens is 296 g/mol. The summed E-state index contributed by atoms with van der Waals surface area (Å²) >= 11 is 5.99. The zero-order valence-corrected chi connectivity index (χ0v) is 14.0. The molecule has 2 unspecified atom stereocenters. The Hall–Kier alpha value is 0.160. The van der Waals surface area contributed by atoms with Gasteiger partial charge in [0, 0.05) is 31.1 Å². The van der Waals surface area contributed by atoms with Crippen molar-refractivity contribution in [3.8, 4) is 0 Å². The largest absolute Gasteiger partial charge is 0.282 e. The van der Waals surface area contributed by atoms with E-state index in [1.165, 1.54) is 0 Å². The minimum Gasteiger partial charge on any atom is -0.195 e. The second kappa shape index (κ2) is 7.43. The highest BCUT2D eigenvalue weighted by Gasteiger charge is 2.39. The number of hydrogen-bond donors (Lipinski definition) is 0. The molecule has 2 atom stereocenters. The third-order valence-electron chi connectivity index (χ3n) is 4.54. The van der Waals surface area contributed by atoms with E-state index >= 15 is 0 Å². The second-order valence-corrected chi connectivity index (χ2v) is 8.11. The predicted molar refractivity (Wildman–Crippen MR) is 83.2 cm³/mol. The first kappa shape index (κ1) is 16.5. The topological polar surface area (TPSA) is 40.6 Å². The summed E-state index contributed by atoms with van der Waals surface area (Å²) in [6, 6.07) is 0.177. The summed E-state index contributed by atoms with van der Waals surface area (Å²) in [4.78, 5) is 0. The molecule has 0 radical (unpaired) electrons. The fourth-order valence-electron chi connectivity index (χ4n) is 3.47. The molecule has 2 aliphatic heterocycles. The maximum absolute atomic E-state index is 13.0. The Bertz CT molecular complexity index is 400. The van der Waals surface area contributed by atoms with Gasteiger partial charge < -0.3 is 0 Å². The zero-order chi connectivity index (χ0) is 14.6. The standard InChI is InChI=1S/C14H27ClN2O2S/c1-2-7-13-8-3-5-10-16(13)20(18,19)17-11-6-4-9-14(17)12-15/h13-14H,2-12H2,1H3. The predicted octanol–water partition coefficient (Wildman–Crippen LogP) is 2.98. The van der Waals surface area contributed by atoms with Gasteiger partial charge in [-0.1, -0.05) is 26.2 Å². The van der Waals surface area contributed by atoms with Gasteiger partial charge in [0.25, 0.3) is 10.2 Å². The van der Waals surface area contributed by atoms with Crippen molar-refractivity contribution < 1.29 is 8.42 Å². The Morgan fingerprint density at radius 3 is 2.10 bits per heavy atom. The first-order valence-corrected chi connectivity index (χ1v) is 9.89. The Morgan fingerprint density at radius 2 is 1.55 bits per heavy atom. The van der Waals surface area contributed by atoms with Gasteiger partial charge in [-0.2, -0.15) is 17.0 Å². The van der Waals surface area contributed by atoms with Gasteiger partial charge in [-0.15, -0.1) is 11.6 Å². The highest BCUT2D eigenvalue weighted by molar-refractivity contribution is 7.86. The molecule has 0 aliphatic carbocycles. The number of piperidine rings is 2. The van der Waals surface area contributed by atoms with E-state index in [1.807, 2.05) is 0 Å². The van der Waals surface area contributed by atoms with Crippen molar-refractivity contribution in [1.29, 1.82) is 0 Å². The van der Waals surface area contributed by atoms with E-state index in [1.54, 1.807) is 8.61 Å². The molecule has 0 aromatic carbocycles. The Balaban J connectivity index is 2.18. The Morgan fingerprint density at radius 1 is 1.00 bits per heavy atom. The molecule has 0 aromatic heterocycles. The first-order chi connectivity index (χ1) is 9.61. The molecule has 0 saturated carbocycles. The molecule has 0 spiro atoms. The SMILES string of the molecule is CCCC1CCCCN1S(=O)(=O)N1CCCCC1CCl. The second-order valence-electron chi connectivity index (χ2n) is 5.97. The van der Waals surface area contributed by atoms with Gasteiger partial charge in [0.15, 0.2) is 0 Å². The summed E-state index contributed by atoms with van der Waals surface area (Å²) in [7, 11) is -3.34. The molecule has 4 nitrogen and oxygen atoms in total. The lowest BCUT2D eigenvalue weighted by Gasteiger charge is -2.41. The van der Waals surface area contributed by atoms with Crippen LogP contribution in [0.4, 0.5) is 0 Å². The minimum atomic E-state index is -3.34. The maximum Gasteiger partial charge on any atom is 0.282 e. The molecule has 2 aliphatic rings. The molecule has 118 valence electrons. The molecule has 2 heterocycles. The fourth-order valence-corrected chi connectivity index (χ4v) is 6.00. The van der Waals surface area contributed by atoms with Crippen LogP contribution in [0.25, 0.3) is 0 Å². The molecule has 0 N–H and O–H groups in total. The zero-order valence-electron chi connectivity index (χ0n) is 12.4. The van der Waals surface area contributed by atoms with Gasteiger partial charge in [0.05, 0.1) is 0 Å². The highest BCUT2D eigenvalue weighted by Crippen LogP contribution is 2.29. The lowest BCUT2D eigenvalue weighted by Crippen LogP contribution is -2.55. The normalized spacial score (nSPS) is 30.5. The van der Waals surface area contributed by atoms with Crippen molar-refractivity contribution >= 4 is 21.8 Å². The van der Waals surface area contributed by atoms with Crippen molar-refractivity contribution in [2.45, 2.75) is 70.4 Å². The summed E-state index contributed by atoms with van der Waals surface area (Å²) < 4.78 is 29.4. The fraction of sp³-hybridized carbons (Fsp3) is 1.00. The lowest BCUT2D eigenvalue weighted by molar-refractivity contribution is 0.196. The molecule has 2 saturated heterocycles. The molecule has 2 rings (SSSR count). The molecular formula is C14H27ClN2O2S. The minimum absolute atomic E-state index is 0.0142. The maximum atomic E-state index is 13.0. The summed E-state index contributed by atoms with van der Waals surface area (Å²) in [6.07, 6.45) is 8.09. The summed E-state index contributed by atoms with van der Waals surface area (Å²) in [5.74, 6) is 0.408. The van der Waals surface area contributed by atoms with Crippen LogP contribution in [-0.4, -0.2) is 48.1 Å². The van der Waals surface area contributed by atoms with Gasteiger partial charge in [0.1, 0.15) is 0 Å². The van der Waals surface area contributed by atoms with Crippen LogP contribution in [0.15, 0.2) is 0 Å². The Kier molecular flexibility index (Phi) is 6.14. The van der Waals surface area contributed by atoms with Crippen molar-refractivity contribution in [3.63, 3.8) is 0 Å². The van der Waals surface area contributed by atoms with Gasteiger partial charge in [-0.3, -0.25) is 0 Å². The van der Waals surface area contributed by atoms with Crippen LogP contribution >= 0.6 is 11.6 Å². The van der Waals surface area contributed by atoms with Crippen LogP contribution in [0.1, 0.15) is 58.3 Å². The van der Waals surface area contributed by atoms with Gasteiger partial charge in [-0.05, 0) is 32.1 Å². The first-order valence-electron chi connectivity index (χ1n) is 7.95. The number of rotatable bonds is 5. The van der Waals surface area contributed by atoms with Crippen molar-refractivity contribution in [2.75, 3.05) is 19.0 Å². The molecule has 0 aromatic rings. The third kappa shape index (κ3) is 3.49. The number of nitrogens with zero attached hydrogens (tertiary/aromatic N) is 2.